The highest BCUT2D eigenvalue weighted by atomic mass is 32.2. The van der Waals surface area contributed by atoms with E-state index in [1.807, 2.05) is 13.8 Å². The number of carbonyl (C=O) groups is 1. The number of sulfonamides is 1. The van der Waals surface area contributed by atoms with Crippen molar-refractivity contribution in [2.24, 2.45) is 0 Å². The van der Waals surface area contributed by atoms with Gasteiger partial charge in [-0.2, -0.15) is 4.31 Å². The highest BCUT2D eigenvalue weighted by molar-refractivity contribution is 7.89. The zero-order chi connectivity index (χ0) is 18.2. The minimum atomic E-state index is -3.68. The van der Waals surface area contributed by atoms with Gasteiger partial charge in [-0.05, 0) is 37.1 Å². The molecule has 0 aliphatic carbocycles. The summed E-state index contributed by atoms with van der Waals surface area (Å²) in [6.45, 7) is 5.90. The summed E-state index contributed by atoms with van der Waals surface area (Å²) in [5.41, 5.74) is 1.92. The molecule has 0 radical (unpaired) electrons. The van der Waals surface area contributed by atoms with E-state index in [1.54, 1.807) is 25.3 Å². The number of aryl methyl sites for hydroxylation is 2. The summed E-state index contributed by atoms with van der Waals surface area (Å²) in [7, 11) is -0.652. The molecule has 24 heavy (non-hydrogen) atoms. The molecule has 136 valence electrons. The van der Waals surface area contributed by atoms with Crippen molar-refractivity contribution in [3.05, 3.63) is 29.3 Å². The number of hydrogen-bond acceptors (Lipinski definition) is 5. The van der Waals surface area contributed by atoms with Gasteiger partial charge in [0.1, 0.15) is 0 Å². The van der Waals surface area contributed by atoms with Crippen LogP contribution in [-0.2, 0) is 19.6 Å². The van der Waals surface area contributed by atoms with E-state index in [0.717, 1.165) is 15.4 Å². The van der Waals surface area contributed by atoms with Gasteiger partial charge in [0.15, 0.2) is 0 Å². The van der Waals surface area contributed by atoms with Crippen LogP contribution in [0.25, 0.3) is 0 Å². The molecule has 0 bridgehead atoms. The van der Waals surface area contributed by atoms with Gasteiger partial charge in [0.2, 0.25) is 15.9 Å². The molecule has 0 unspecified atom stereocenters. The molecule has 0 saturated heterocycles. The summed E-state index contributed by atoms with van der Waals surface area (Å²) in [5.74, 6) is -0.335. The van der Waals surface area contributed by atoms with Gasteiger partial charge in [-0.3, -0.25) is 4.79 Å². The number of rotatable bonds is 10. The van der Waals surface area contributed by atoms with Crippen LogP contribution in [0.2, 0.25) is 0 Å². The Bertz CT molecular complexity index is 647. The fourth-order valence-corrected chi connectivity index (χ4v) is 3.20. The fraction of sp³-hybridized carbons (Fsp3) is 0.562. The summed E-state index contributed by atoms with van der Waals surface area (Å²) >= 11 is 0. The smallest absolute Gasteiger partial charge is 0.243 e. The molecule has 0 saturated carbocycles. The molecule has 0 heterocycles. The van der Waals surface area contributed by atoms with Crippen LogP contribution < -0.4 is 10.6 Å². The normalized spacial score (nSPS) is 11.7. The summed E-state index contributed by atoms with van der Waals surface area (Å²) < 4.78 is 31.0. The maximum atomic E-state index is 12.5. The second-order valence-corrected chi connectivity index (χ2v) is 7.64. The van der Waals surface area contributed by atoms with Crippen LogP contribution in [0.4, 0.5) is 0 Å². The minimum Gasteiger partial charge on any atom is -0.383 e. The Balaban J connectivity index is 2.51. The van der Waals surface area contributed by atoms with Gasteiger partial charge in [0.25, 0.3) is 0 Å². The molecule has 8 heteroatoms. The number of hydrogen-bond donors (Lipinski definition) is 2. The van der Waals surface area contributed by atoms with Crippen molar-refractivity contribution in [1.29, 1.82) is 0 Å². The molecule has 1 rings (SSSR count). The largest absolute Gasteiger partial charge is 0.383 e. The summed E-state index contributed by atoms with van der Waals surface area (Å²) in [4.78, 5) is 12.1. The minimum absolute atomic E-state index is 0.196. The molecule has 0 spiro atoms. The van der Waals surface area contributed by atoms with E-state index in [9.17, 15) is 13.2 Å². The van der Waals surface area contributed by atoms with Gasteiger partial charge in [0.05, 0.1) is 18.0 Å². The van der Waals surface area contributed by atoms with Crippen LogP contribution in [0.5, 0.6) is 0 Å². The lowest BCUT2D eigenvalue weighted by Gasteiger charge is -2.17. The lowest BCUT2D eigenvalue weighted by atomic mass is 10.1. The zero-order valence-corrected chi connectivity index (χ0v) is 15.6. The third kappa shape index (κ3) is 6.20. The summed E-state index contributed by atoms with van der Waals surface area (Å²) in [5, 5.41) is 5.78. The second kappa shape index (κ2) is 9.73. The SMILES string of the molecule is COCCNCCNC(=O)CN(C)S(=O)(=O)c1ccc(C)c(C)c1. The van der Waals surface area contributed by atoms with Crippen LogP contribution >= 0.6 is 0 Å². The maximum absolute atomic E-state index is 12.5. The average molecular weight is 357 g/mol. The molecular weight excluding hydrogens is 330 g/mol. The third-order valence-corrected chi connectivity index (χ3v) is 5.46. The Morgan fingerprint density at radius 2 is 1.88 bits per heavy atom. The lowest BCUT2D eigenvalue weighted by molar-refractivity contribution is -0.121. The molecule has 0 fully saturated rings. The number of amides is 1. The first kappa shape index (κ1) is 20.6. The molecule has 1 aromatic carbocycles. The van der Waals surface area contributed by atoms with E-state index in [0.29, 0.717) is 26.2 Å². The average Bonchev–Trinajstić information content (AvgIpc) is 2.53. The van der Waals surface area contributed by atoms with Crippen molar-refractivity contribution >= 4 is 15.9 Å². The van der Waals surface area contributed by atoms with Gasteiger partial charge in [-0.25, -0.2) is 8.42 Å². The van der Waals surface area contributed by atoms with Crippen molar-refractivity contribution in [3.63, 3.8) is 0 Å². The van der Waals surface area contributed by atoms with Gasteiger partial charge < -0.3 is 15.4 Å². The van der Waals surface area contributed by atoms with Crippen molar-refractivity contribution in [2.45, 2.75) is 18.7 Å². The van der Waals surface area contributed by atoms with E-state index in [2.05, 4.69) is 10.6 Å². The Morgan fingerprint density at radius 3 is 2.50 bits per heavy atom. The Labute approximate surface area is 144 Å². The van der Waals surface area contributed by atoms with Gasteiger partial charge in [-0.15, -0.1) is 0 Å². The van der Waals surface area contributed by atoms with E-state index in [4.69, 9.17) is 4.74 Å². The Hall–Kier alpha value is -1.48. The fourth-order valence-electron chi connectivity index (χ4n) is 1.99. The highest BCUT2D eigenvalue weighted by Gasteiger charge is 2.23. The molecule has 0 aromatic heterocycles. The quantitative estimate of drug-likeness (QED) is 0.587. The van der Waals surface area contributed by atoms with E-state index >= 15 is 0 Å². The number of methoxy groups -OCH3 is 1. The van der Waals surface area contributed by atoms with Crippen molar-refractivity contribution in [1.82, 2.24) is 14.9 Å². The van der Waals surface area contributed by atoms with Crippen molar-refractivity contribution in [2.75, 3.05) is 46.9 Å². The van der Waals surface area contributed by atoms with E-state index in [-0.39, 0.29) is 17.3 Å². The standard InChI is InChI=1S/C16H27N3O4S/c1-13-5-6-15(11-14(13)2)24(21,22)19(3)12-16(20)18-8-7-17-9-10-23-4/h5-6,11,17H,7-10,12H2,1-4H3,(H,18,20). The Morgan fingerprint density at radius 1 is 1.17 bits per heavy atom. The van der Waals surface area contributed by atoms with Crippen LogP contribution in [0.15, 0.2) is 23.1 Å². The van der Waals surface area contributed by atoms with E-state index in [1.165, 1.54) is 7.05 Å². The third-order valence-electron chi connectivity index (χ3n) is 3.66. The van der Waals surface area contributed by atoms with Gasteiger partial charge >= 0.3 is 0 Å². The second-order valence-electron chi connectivity index (χ2n) is 5.60. The number of ether oxygens (including phenoxy) is 1. The first-order valence-electron chi connectivity index (χ1n) is 7.79. The molecule has 1 amide bonds. The summed E-state index contributed by atoms with van der Waals surface area (Å²) in [6.07, 6.45) is 0. The van der Waals surface area contributed by atoms with Crippen LogP contribution in [0, 0.1) is 13.8 Å². The molecule has 0 atom stereocenters. The monoisotopic (exact) mass is 357 g/mol. The first-order valence-corrected chi connectivity index (χ1v) is 9.23. The molecule has 0 aliphatic heterocycles. The first-order chi connectivity index (χ1) is 11.3. The topological polar surface area (TPSA) is 87.7 Å². The molecule has 2 N–H and O–H groups in total. The van der Waals surface area contributed by atoms with Gasteiger partial charge in [0, 0.05) is 33.8 Å². The molecular formula is C16H27N3O4S. The number of nitrogens with zero attached hydrogens (tertiary/aromatic N) is 1. The predicted molar refractivity (Wildman–Crippen MR) is 93.5 cm³/mol. The summed E-state index contributed by atoms with van der Waals surface area (Å²) in [6, 6.07) is 4.95. The van der Waals surface area contributed by atoms with E-state index < -0.39 is 10.0 Å². The highest BCUT2D eigenvalue weighted by Crippen LogP contribution is 2.17. The van der Waals surface area contributed by atoms with Gasteiger partial charge in [-0.1, -0.05) is 6.07 Å². The van der Waals surface area contributed by atoms with Crippen molar-refractivity contribution < 1.29 is 17.9 Å². The number of likely N-dealkylation sites (N-methyl/N-ethyl adjacent to an activating group) is 1. The van der Waals surface area contributed by atoms with Crippen molar-refractivity contribution in [3.8, 4) is 0 Å². The predicted octanol–water partition coefficient (Wildman–Crippen LogP) is 0.276. The molecule has 0 aliphatic rings. The number of benzene rings is 1. The van der Waals surface area contributed by atoms with Crippen LogP contribution in [0.3, 0.4) is 0 Å². The lowest BCUT2D eigenvalue weighted by Crippen LogP contribution is -2.40. The van der Waals surface area contributed by atoms with Crippen LogP contribution in [0.1, 0.15) is 11.1 Å². The molecule has 1 aromatic rings. The van der Waals surface area contributed by atoms with Crippen LogP contribution in [-0.4, -0.2) is 65.6 Å². The molecule has 7 nitrogen and oxygen atoms in total. The maximum Gasteiger partial charge on any atom is 0.243 e. The zero-order valence-electron chi connectivity index (χ0n) is 14.8. The Kier molecular flexibility index (Phi) is 8.34. The number of nitrogens with one attached hydrogen (secondary N) is 2. The number of carbonyl (C=O) groups excluding carboxylic acids is 1.